The van der Waals surface area contributed by atoms with Crippen LogP contribution in [0.2, 0.25) is 19.1 Å². The summed E-state index contributed by atoms with van der Waals surface area (Å²) in [5, 5.41) is 11.5. The zero-order valence-electron chi connectivity index (χ0n) is 18.1. The van der Waals surface area contributed by atoms with Crippen LogP contribution in [0.1, 0.15) is 76.2 Å². The van der Waals surface area contributed by atoms with Gasteiger partial charge in [-0.05, 0) is 43.7 Å². The van der Waals surface area contributed by atoms with Gasteiger partial charge in [-0.1, -0.05) is 63.4 Å². The van der Waals surface area contributed by atoms with Gasteiger partial charge in [0.1, 0.15) is 11.5 Å². The molecule has 1 saturated carbocycles. The third kappa shape index (κ3) is 5.99. The van der Waals surface area contributed by atoms with Crippen LogP contribution >= 0.6 is 0 Å². The van der Waals surface area contributed by atoms with Crippen molar-refractivity contribution in [3.05, 3.63) is 17.7 Å². The van der Waals surface area contributed by atoms with E-state index >= 15 is 0 Å². The van der Waals surface area contributed by atoms with Crippen molar-refractivity contribution in [3.8, 4) is 11.5 Å². The Labute approximate surface area is 167 Å². The number of unbranched alkanes of at least 4 members (excludes halogenated alkanes) is 3. The third-order valence-corrected chi connectivity index (χ3v) is 9.78. The van der Waals surface area contributed by atoms with Crippen LogP contribution in [0.5, 0.6) is 11.5 Å². The lowest BCUT2D eigenvalue weighted by Crippen LogP contribution is -2.41. The summed E-state index contributed by atoms with van der Waals surface area (Å²) in [6.45, 7) is 7.20. The predicted molar refractivity (Wildman–Crippen MR) is 117 cm³/mol. The van der Waals surface area contributed by atoms with Crippen molar-refractivity contribution >= 4 is 13.3 Å². The number of ether oxygens (including phenoxy) is 2. The maximum Gasteiger partial charge on any atom is 0.125 e. The molecule has 0 spiro atoms. The highest BCUT2D eigenvalue weighted by Crippen LogP contribution is 2.42. The van der Waals surface area contributed by atoms with Gasteiger partial charge in [0.15, 0.2) is 0 Å². The molecule has 0 heterocycles. The zero-order chi connectivity index (χ0) is 19.9. The monoisotopic (exact) mass is 392 g/mol. The largest absolute Gasteiger partial charge is 0.496 e. The van der Waals surface area contributed by atoms with E-state index in [1.54, 1.807) is 14.2 Å². The highest BCUT2D eigenvalue weighted by molar-refractivity contribution is 6.89. The number of methoxy groups -OCH3 is 2. The van der Waals surface area contributed by atoms with Crippen LogP contribution in [0, 0.1) is 0 Å². The first-order chi connectivity index (χ1) is 12.9. The van der Waals surface area contributed by atoms with Crippen LogP contribution < -0.4 is 14.7 Å². The molecule has 1 aliphatic rings. The normalized spacial score (nSPS) is 21.0. The summed E-state index contributed by atoms with van der Waals surface area (Å²) >= 11 is 0. The average molecular weight is 393 g/mol. The fourth-order valence-electron chi connectivity index (χ4n) is 4.44. The first kappa shape index (κ1) is 22.3. The summed E-state index contributed by atoms with van der Waals surface area (Å²) in [7, 11) is 2.04. The molecular weight excluding hydrogens is 352 g/mol. The van der Waals surface area contributed by atoms with E-state index < -0.39 is 8.07 Å². The molecule has 2 unspecified atom stereocenters. The standard InChI is InChI=1S/C23H40O3Si/c1-6-7-8-9-15-27(4,5)20-16-21(25-2)23(22(17-20)26-3)18-11-10-12-19(24)14-13-18/h16-19,24H,6-15H2,1-5H3. The molecule has 1 fully saturated rings. The SMILES string of the molecule is CCCCCC[Si](C)(C)c1cc(OC)c(C2CCCC(O)CC2)c(OC)c1. The molecule has 0 saturated heterocycles. The molecule has 1 N–H and O–H groups in total. The predicted octanol–water partition coefficient (Wildman–Crippen LogP) is 5.61. The van der Waals surface area contributed by atoms with Crippen molar-refractivity contribution in [2.45, 2.75) is 95.9 Å². The van der Waals surface area contributed by atoms with E-state index in [1.807, 2.05) is 0 Å². The molecule has 0 radical (unpaired) electrons. The Morgan fingerprint density at radius 1 is 0.963 bits per heavy atom. The average Bonchev–Trinajstić information content (AvgIpc) is 2.88. The summed E-state index contributed by atoms with van der Waals surface area (Å²) in [6.07, 6.45) is 10.1. The maximum absolute atomic E-state index is 10.0. The zero-order valence-corrected chi connectivity index (χ0v) is 19.1. The van der Waals surface area contributed by atoms with E-state index in [1.165, 1.54) is 42.5 Å². The van der Waals surface area contributed by atoms with Gasteiger partial charge >= 0.3 is 0 Å². The Hall–Kier alpha value is -1.00. The topological polar surface area (TPSA) is 38.7 Å². The van der Waals surface area contributed by atoms with Gasteiger partial charge in [-0.2, -0.15) is 0 Å². The van der Waals surface area contributed by atoms with Gasteiger partial charge in [0.2, 0.25) is 0 Å². The molecule has 1 aliphatic carbocycles. The summed E-state index contributed by atoms with van der Waals surface area (Å²) in [5.74, 6) is 2.38. The fraction of sp³-hybridized carbons (Fsp3) is 0.739. The lowest BCUT2D eigenvalue weighted by molar-refractivity contribution is 0.157. The summed E-state index contributed by atoms with van der Waals surface area (Å²) in [4.78, 5) is 0. The van der Waals surface area contributed by atoms with Gasteiger partial charge in [-0.3, -0.25) is 0 Å². The number of aliphatic hydroxyl groups is 1. The quantitative estimate of drug-likeness (QED) is 0.337. The minimum atomic E-state index is -1.52. The van der Waals surface area contributed by atoms with Crippen molar-refractivity contribution in [2.75, 3.05) is 14.2 Å². The van der Waals surface area contributed by atoms with Crippen molar-refractivity contribution in [1.82, 2.24) is 0 Å². The number of benzene rings is 1. The van der Waals surface area contributed by atoms with Crippen LogP contribution in [-0.2, 0) is 0 Å². The van der Waals surface area contributed by atoms with Crippen LogP contribution in [0.25, 0.3) is 0 Å². The van der Waals surface area contributed by atoms with Crippen molar-refractivity contribution in [1.29, 1.82) is 0 Å². The van der Waals surface area contributed by atoms with Gasteiger partial charge in [0, 0.05) is 5.56 Å². The molecule has 154 valence electrons. The minimum absolute atomic E-state index is 0.152. The molecule has 0 amide bonds. The van der Waals surface area contributed by atoms with E-state index in [0.717, 1.165) is 43.6 Å². The van der Waals surface area contributed by atoms with Crippen molar-refractivity contribution in [2.24, 2.45) is 0 Å². The molecule has 27 heavy (non-hydrogen) atoms. The molecular formula is C23H40O3Si. The van der Waals surface area contributed by atoms with Gasteiger partial charge in [0.05, 0.1) is 28.4 Å². The van der Waals surface area contributed by atoms with Gasteiger partial charge in [-0.25, -0.2) is 0 Å². The smallest absolute Gasteiger partial charge is 0.125 e. The molecule has 2 rings (SSSR count). The minimum Gasteiger partial charge on any atom is -0.496 e. The van der Waals surface area contributed by atoms with Crippen LogP contribution in [0.15, 0.2) is 12.1 Å². The first-order valence-corrected chi connectivity index (χ1v) is 14.1. The number of rotatable bonds is 9. The van der Waals surface area contributed by atoms with E-state index in [2.05, 4.69) is 32.2 Å². The molecule has 3 nitrogen and oxygen atoms in total. The highest BCUT2D eigenvalue weighted by atomic mass is 28.3. The Balaban J connectivity index is 2.29. The maximum atomic E-state index is 10.0. The van der Waals surface area contributed by atoms with E-state index in [4.69, 9.17) is 9.47 Å². The first-order valence-electron chi connectivity index (χ1n) is 10.9. The molecule has 1 aromatic carbocycles. The molecule has 2 atom stereocenters. The third-order valence-electron chi connectivity index (χ3n) is 6.33. The number of aliphatic hydroxyl groups excluding tert-OH is 1. The van der Waals surface area contributed by atoms with Crippen molar-refractivity contribution in [3.63, 3.8) is 0 Å². The van der Waals surface area contributed by atoms with E-state index in [-0.39, 0.29) is 6.10 Å². The van der Waals surface area contributed by atoms with Gasteiger partial charge in [0.25, 0.3) is 0 Å². The van der Waals surface area contributed by atoms with Crippen LogP contribution in [-0.4, -0.2) is 33.5 Å². The number of hydrogen-bond acceptors (Lipinski definition) is 3. The number of hydrogen-bond donors (Lipinski definition) is 1. The Morgan fingerprint density at radius 3 is 2.22 bits per heavy atom. The molecule has 0 bridgehead atoms. The molecule has 4 heteroatoms. The summed E-state index contributed by atoms with van der Waals surface area (Å²) < 4.78 is 11.7. The van der Waals surface area contributed by atoms with E-state index in [9.17, 15) is 5.11 Å². The lowest BCUT2D eigenvalue weighted by atomic mass is 9.90. The van der Waals surface area contributed by atoms with Crippen LogP contribution in [0.3, 0.4) is 0 Å². The Kier molecular flexibility index (Phi) is 8.68. The van der Waals surface area contributed by atoms with Crippen molar-refractivity contribution < 1.29 is 14.6 Å². The van der Waals surface area contributed by atoms with Gasteiger partial charge in [-0.15, -0.1) is 0 Å². The Bertz CT molecular complexity index is 560. The lowest BCUT2D eigenvalue weighted by Gasteiger charge is -2.27. The second-order valence-electron chi connectivity index (χ2n) is 8.85. The van der Waals surface area contributed by atoms with Crippen LogP contribution in [0.4, 0.5) is 0 Å². The summed E-state index contributed by atoms with van der Waals surface area (Å²) in [6, 6.07) is 5.91. The highest BCUT2D eigenvalue weighted by Gasteiger charge is 2.29. The fourth-order valence-corrected chi connectivity index (χ4v) is 6.91. The second kappa shape index (κ2) is 10.5. The van der Waals surface area contributed by atoms with Gasteiger partial charge < -0.3 is 14.6 Å². The second-order valence-corrected chi connectivity index (χ2v) is 13.7. The Morgan fingerprint density at radius 2 is 1.63 bits per heavy atom. The van der Waals surface area contributed by atoms with E-state index in [0.29, 0.717) is 5.92 Å². The molecule has 0 aliphatic heterocycles. The summed E-state index contributed by atoms with van der Waals surface area (Å²) in [5.41, 5.74) is 1.22. The molecule has 1 aromatic rings. The molecule has 0 aromatic heterocycles.